The summed E-state index contributed by atoms with van der Waals surface area (Å²) in [6.07, 6.45) is 8.89. The Balaban J connectivity index is 3.18. The molecule has 0 atom stereocenters. The van der Waals surface area contributed by atoms with Crippen LogP contribution in [0.4, 0.5) is 0 Å². The highest BCUT2D eigenvalue weighted by Crippen LogP contribution is 2.07. The Morgan fingerprint density at radius 1 is 1.00 bits per heavy atom. The third kappa shape index (κ3) is 10.8. The van der Waals surface area contributed by atoms with Crippen molar-refractivity contribution in [1.82, 2.24) is 0 Å². The van der Waals surface area contributed by atoms with Crippen molar-refractivity contribution < 1.29 is 14.7 Å². The zero-order chi connectivity index (χ0) is 11.5. The van der Waals surface area contributed by atoms with E-state index in [-0.39, 0.29) is 12.2 Å². The van der Waals surface area contributed by atoms with Crippen LogP contribution in [0.2, 0.25) is 0 Å². The van der Waals surface area contributed by atoms with E-state index in [1.165, 1.54) is 0 Å². The van der Waals surface area contributed by atoms with E-state index in [0.717, 1.165) is 32.1 Å². The summed E-state index contributed by atoms with van der Waals surface area (Å²) >= 11 is 0. The molecule has 0 aliphatic heterocycles. The van der Waals surface area contributed by atoms with E-state index in [4.69, 9.17) is 5.11 Å². The number of rotatable bonds is 9. The predicted molar refractivity (Wildman–Crippen MR) is 59.8 cm³/mol. The molecule has 0 aromatic heterocycles. The van der Waals surface area contributed by atoms with Gasteiger partial charge in [-0.1, -0.05) is 25.3 Å². The fraction of sp³-hybridized carbons (Fsp3) is 0.667. The first kappa shape index (κ1) is 13.9. The molecular weight excluding hydrogens is 192 g/mol. The van der Waals surface area contributed by atoms with Gasteiger partial charge in [0.15, 0.2) is 5.78 Å². The van der Waals surface area contributed by atoms with Gasteiger partial charge in [-0.15, -0.1) is 0 Å². The number of allylic oxidation sites excluding steroid dienone is 2. The number of carbonyl (C=O) groups is 2. The van der Waals surface area contributed by atoms with Crippen molar-refractivity contribution in [3.05, 3.63) is 12.2 Å². The van der Waals surface area contributed by atoms with Gasteiger partial charge in [-0.3, -0.25) is 9.59 Å². The summed E-state index contributed by atoms with van der Waals surface area (Å²) in [7, 11) is 0. The van der Waals surface area contributed by atoms with Gasteiger partial charge in [-0.05, 0) is 25.8 Å². The monoisotopic (exact) mass is 212 g/mol. The van der Waals surface area contributed by atoms with Crippen LogP contribution in [0.5, 0.6) is 0 Å². The lowest BCUT2D eigenvalue weighted by Gasteiger charge is -1.98. The molecule has 0 bridgehead atoms. The first-order valence-corrected chi connectivity index (χ1v) is 5.54. The zero-order valence-electron chi connectivity index (χ0n) is 9.37. The van der Waals surface area contributed by atoms with Crippen LogP contribution in [0.3, 0.4) is 0 Å². The summed E-state index contributed by atoms with van der Waals surface area (Å²) in [5.74, 6) is -0.540. The van der Waals surface area contributed by atoms with E-state index in [9.17, 15) is 9.59 Å². The van der Waals surface area contributed by atoms with Crippen LogP contribution in [-0.2, 0) is 9.59 Å². The van der Waals surface area contributed by atoms with Crippen LogP contribution >= 0.6 is 0 Å². The summed E-state index contributed by atoms with van der Waals surface area (Å²) in [5.41, 5.74) is 0. The van der Waals surface area contributed by atoms with Gasteiger partial charge in [-0.25, -0.2) is 0 Å². The molecule has 0 saturated heterocycles. The lowest BCUT2D eigenvalue weighted by molar-refractivity contribution is -0.137. The maximum Gasteiger partial charge on any atom is 0.303 e. The molecular formula is C12H20O3. The standard InChI is InChI=1S/C12H20O3/c1-2-8-11(13)9-6-4-3-5-7-10-12(14)15/h2,8H,3-7,9-10H2,1H3,(H,14,15). The normalized spacial score (nSPS) is 10.7. The fourth-order valence-electron chi connectivity index (χ4n) is 1.38. The van der Waals surface area contributed by atoms with Gasteiger partial charge in [-0.2, -0.15) is 0 Å². The number of ketones is 1. The van der Waals surface area contributed by atoms with E-state index in [0.29, 0.717) is 6.42 Å². The number of hydrogen-bond donors (Lipinski definition) is 1. The van der Waals surface area contributed by atoms with Crippen LogP contribution in [0.15, 0.2) is 12.2 Å². The second kappa shape index (κ2) is 9.44. The smallest absolute Gasteiger partial charge is 0.303 e. The maximum atomic E-state index is 11.1. The molecule has 0 saturated carbocycles. The summed E-state index contributed by atoms with van der Waals surface area (Å²) in [6, 6.07) is 0. The van der Waals surface area contributed by atoms with Crippen molar-refractivity contribution in [2.45, 2.75) is 51.9 Å². The summed E-state index contributed by atoms with van der Waals surface area (Å²) in [5, 5.41) is 8.40. The van der Waals surface area contributed by atoms with Gasteiger partial charge in [0.25, 0.3) is 0 Å². The minimum absolute atomic E-state index is 0.183. The molecule has 0 unspecified atom stereocenters. The molecule has 0 rings (SSSR count). The Bertz CT molecular complexity index is 219. The Morgan fingerprint density at radius 2 is 1.53 bits per heavy atom. The average molecular weight is 212 g/mol. The van der Waals surface area contributed by atoms with Gasteiger partial charge >= 0.3 is 5.97 Å². The first-order valence-electron chi connectivity index (χ1n) is 5.54. The second-order valence-corrected chi connectivity index (χ2v) is 3.63. The topological polar surface area (TPSA) is 54.4 Å². The number of carboxylic acid groups (broad SMARTS) is 1. The van der Waals surface area contributed by atoms with Crippen molar-refractivity contribution in [2.24, 2.45) is 0 Å². The maximum absolute atomic E-state index is 11.1. The molecule has 0 spiro atoms. The summed E-state index contributed by atoms with van der Waals surface area (Å²) in [6.45, 7) is 1.84. The van der Waals surface area contributed by atoms with Crippen LogP contribution in [0.1, 0.15) is 51.9 Å². The zero-order valence-corrected chi connectivity index (χ0v) is 9.37. The summed E-state index contributed by atoms with van der Waals surface area (Å²) < 4.78 is 0. The molecule has 0 aliphatic rings. The fourth-order valence-corrected chi connectivity index (χ4v) is 1.38. The van der Waals surface area contributed by atoms with Gasteiger partial charge in [0.1, 0.15) is 0 Å². The van der Waals surface area contributed by atoms with E-state index < -0.39 is 5.97 Å². The van der Waals surface area contributed by atoms with Gasteiger partial charge in [0, 0.05) is 12.8 Å². The molecule has 0 amide bonds. The van der Waals surface area contributed by atoms with Crippen molar-refractivity contribution in [3.8, 4) is 0 Å². The molecule has 3 nitrogen and oxygen atoms in total. The molecule has 0 aromatic carbocycles. The first-order chi connectivity index (χ1) is 7.16. The van der Waals surface area contributed by atoms with Crippen molar-refractivity contribution in [1.29, 1.82) is 0 Å². The van der Waals surface area contributed by atoms with Gasteiger partial charge in [0.2, 0.25) is 0 Å². The number of carboxylic acids is 1. The molecule has 0 heterocycles. The third-order valence-corrected chi connectivity index (χ3v) is 2.17. The Hall–Kier alpha value is -1.12. The van der Waals surface area contributed by atoms with E-state index in [2.05, 4.69) is 0 Å². The predicted octanol–water partition coefficient (Wildman–Crippen LogP) is 2.95. The van der Waals surface area contributed by atoms with Gasteiger partial charge < -0.3 is 5.11 Å². The minimum atomic E-state index is -0.724. The molecule has 0 radical (unpaired) electrons. The Morgan fingerprint density at radius 3 is 2.07 bits per heavy atom. The van der Waals surface area contributed by atoms with Crippen LogP contribution in [0.25, 0.3) is 0 Å². The van der Waals surface area contributed by atoms with E-state index in [1.807, 2.05) is 6.92 Å². The van der Waals surface area contributed by atoms with E-state index >= 15 is 0 Å². The molecule has 86 valence electrons. The van der Waals surface area contributed by atoms with Crippen molar-refractivity contribution >= 4 is 11.8 Å². The highest BCUT2D eigenvalue weighted by molar-refractivity contribution is 5.89. The Labute approximate surface area is 91.2 Å². The highest BCUT2D eigenvalue weighted by Gasteiger charge is 1.98. The number of unbranched alkanes of at least 4 members (excludes halogenated alkanes) is 4. The molecule has 15 heavy (non-hydrogen) atoms. The lowest BCUT2D eigenvalue weighted by atomic mass is 10.1. The number of aliphatic carboxylic acids is 1. The summed E-state index contributed by atoms with van der Waals surface area (Å²) in [4.78, 5) is 21.3. The number of hydrogen-bond acceptors (Lipinski definition) is 2. The average Bonchev–Trinajstić information content (AvgIpc) is 2.16. The second-order valence-electron chi connectivity index (χ2n) is 3.63. The highest BCUT2D eigenvalue weighted by atomic mass is 16.4. The third-order valence-electron chi connectivity index (χ3n) is 2.17. The Kier molecular flexibility index (Phi) is 8.73. The van der Waals surface area contributed by atoms with Crippen LogP contribution in [0, 0.1) is 0 Å². The molecule has 0 fully saturated rings. The van der Waals surface area contributed by atoms with Crippen molar-refractivity contribution in [2.75, 3.05) is 0 Å². The largest absolute Gasteiger partial charge is 0.481 e. The lowest BCUT2D eigenvalue weighted by Crippen LogP contribution is -1.94. The van der Waals surface area contributed by atoms with Crippen LogP contribution in [-0.4, -0.2) is 16.9 Å². The SMILES string of the molecule is CC=CC(=O)CCCCCCCC(=O)O. The molecule has 3 heteroatoms. The van der Waals surface area contributed by atoms with Crippen LogP contribution < -0.4 is 0 Å². The van der Waals surface area contributed by atoms with Gasteiger partial charge in [0.05, 0.1) is 0 Å². The van der Waals surface area contributed by atoms with Crippen molar-refractivity contribution in [3.63, 3.8) is 0 Å². The quantitative estimate of drug-likeness (QED) is 0.472. The molecule has 1 N–H and O–H groups in total. The molecule has 0 aliphatic carbocycles. The van der Waals surface area contributed by atoms with E-state index in [1.54, 1.807) is 12.2 Å². The minimum Gasteiger partial charge on any atom is -0.481 e. The molecule has 0 aromatic rings. The number of carbonyl (C=O) groups excluding carboxylic acids is 1.